The molecule has 4 heteroatoms. The van der Waals surface area contributed by atoms with Crippen LogP contribution in [-0.4, -0.2) is 37.0 Å². The molecule has 0 spiro atoms. The number of benzene rings is 1. The summed E-state index contributed by atoms with van der Waals surface area (Å²) in [6, 6.07) is 6.50. The Hall–Kier alpha value is -1.42. The van der Waals surface area contributed by atoms with E-state index in [1.165, 1.54) is 12.1 Å². The molecule has 1 heterocycles. The number of carbonyl (C=O) groups excluding carboxylic acids is 1. The first-order chi connectivity index (χ1) is 9.20. The van der Waals surface area contributed by atoms with Gasteiger partial charge >= 0.3 is 0 Å². The predicted molar refractivity (Wildman–Crippen MR) is 73.5 cm³/mol. The van der Waals surface area contributed by atoms with Crippen molar-refractivity contribution in [3.05, 3.63) is 35.6 Å². The normalized spacial score (nSPS) is 17.3. The summed E-state index contributed by atoms with van der Waals surface area (Å²) in [4.78, 5) is 14.2. The highest BCUT2D eigenvalue weighted by Gasteiger charge is 2.20. The van der Waals surface area contributed by atoms with Crippen LogP contribution in [0.25, 0.3) is 0 Å². The molecule has 1 amide bonds. The van der Waals surface area contributed by atoms with Crippen LogP contribution in [0, 0.1) is 5.82 Å². The van der Waals surface area contributed by atoms with Gasteiger partial charge in [0.15, 0.2) is 0 Å². The first kappa shape index (κ1) is 14.0. The minimum Gasteiger partial charge on any atom is -0.340 e. The van der Waals surface area contributed by atoms with Crippen molar-refractivity contribution in [1.29, 1.82) is 0 Å². The average molecular weight is 264 g/mol. The highest BCUT2D eigenvalue weighted by Crippen LogP contribution is 2.24. The lowest BCUT2D eigenvalue weighted by Crippen LogP contribution is -2.46. The van der Waals surface area contributed by atoms with Gasteiger partial charge in [0.05, 0.1) is 0 Å². The summed E-state index contributed by atoms with van der Waals surface area (Å²) in [6.45, 7) is 5.40. The van der Waals surface area contributed by atoms with Gasteiger partial charge in [0.2, 0.25) is 5.91 Å². The minimum atomic E-state index is -0.230. The lowest BCUT2D eigenvalue weighted by atomic mass is 9.92. The summed E-state index contributed by atoms with van der Waals surface area (Å²) in [5.41, 5.74) is 1.05. The smallest absolute Gasteiger partial charge is 0.223 e. The Morgan fingerprint density at radius 2 is 1.95 bits per heavy atom. The summed E-state index contributed by atoms with van der Waals surface area (Å²) in [5, 5.41) is 3.24. The lowest BCUT2D eigenvalue weighted by Gasteiger charge is -2.29. The number of halogens is 1. The highest BCUT2D eigenvalue weighted by molar-refractivity contribution is 5.77. The van der Waals surface area contributed by atoms with Crippen LogP contribution in [0.2, 0.25) is 0 Å². The quantitative estimate of drug-likeness (QED) is 0.903. The van der Waals surface area contributed by atoms with E-state index in [1.54, 1.807) is 12.1 Å². The molecule has 1 aromatic rings. The van der Waals surface area contributed by atoms with Crippen LogP contribution >= 0.6 is 0 Å². The topological polar surface area (TPSA) is 32.3 Å². The molecule has 0 aromatic heterocycles. The zero-order valence-corrected chi connectivity index (χ0v) is 11.4. The first-order valence-corrected chi connectivity index (χ1v) is 6.94. The molecule has 1 unspecified atom stereocenters. The van der Waals surface area contributed by atoms with E-state index >= 15 is 0 Å². The Bertz CT molecular complexity index is 413. The van der Waals surface area contributed by atoms with Crippen LogP contribution in [0.1, 0.15) is 31.2 Å². The van der Waals surface area contributed by atoms with E-state index < -0.39 is 0 Å². The predicted octanol–water partition coefficient (Wildman–Crippen LogP) is 2.14. The summed E-state index contributed by atoms with van der Waals surface area (Å²) in [6.07, 6.45) is 1.41. The molecule has 0 radical (unpaired) electrons. The molecule has 19 heavy (non-hydrogen) atoms. The summed E-state index contributed by atoms with van der Waals surface area (Å²) >= 11 is 0. The van der Waals surface area contributed by atoms with Crippen LogP contribution in [0.15, 0.2) is 24.3 Å². The number of piperazine rings is 1. The van der Waals surface area contributed by atoms with Crippen molar-refractivity contribution in [2.75, 3.05) is 26.2 Å². The summed E-state index contributed by atoms with van der Waals surface area (Å²) in [5.74, 6) is 0.160. The van der Waals surface area contributed by atoms with Gasteiger partial charge in [0.1, 0.15) is 5.82 Å². The van der Waals surface area contributed by atoms with Gasteiger partial charge in [-0.05, 0) is 30.0 Å². The summed E-state index contributed by atoms with van der Waals surface area (Å²) < 4.78 is 12.9. The molecular formula is C15H21FN2O. The van der Waals surface area contributed by atoms with Crippen LogP contribution in [0.3, 0.4) is 0 Å². The Morgan fingerprint density at radius 1 is 1.32 bits per heavy atom. The molecule has 2 rings (SSSR count). The van der Waals surface area contributed by atoms with Gasteiger partial charge in [-0.15, -0.1) is 0 Å². The number of rotatable bonds is 4. The van der Waals surface area contributed by atoms with Crippen LogP contribution in [-0.2, 0) is 4.79 Å². The molecule has 1 aliphatic rings. The molecule has 1 atom stereocenters. The van der Waals surface area contributed by atoms with Crippen molar-refractivity contribution in [3.63, 3.8) is 0 Å². The third-order valence-electron chi connectivity index (χ3n) is 3.72. The van der Waals surface area contributed by atoms with E-state index in [4.69, 9.17) is 0 Å². The standard InChI is InChI=1S/C15H21FN2O/c1-2-12(13-3-5-14(16)6-4-13)11-15(19)18-9-7-17-8-10-18/h3-6,12,17H,2,7-11H2,1H3. The van der Waals surface area contributed by atoms with Crippen molar-refractivity contribution in [1.82, 2.24) is 10.2 Å². The molecule has 0 saturated carbocycles. The van der Waals surface area contributed by atoms with Crippen LogP contribution in [0.4, 0.5) is 4.39 Å². The van der Waals surface area contributed by atoms with Gasteiger partial charge < -0.3 is 10.2 Å². The fourth-order valence-corrected chi connectivity index (χ4v) is 2.49. The second-order valence-corrected chi connectivity index (χ2v) is 4.99. The molecular weight excluding hydrogens is 243 g/mol. The van der Waals surface area contributed by atoms with Gasteiger partial charge in [-0.2, -0.15) is 0 Å². The van der Waals surface area contributed by atoms with Gasteiger partial charge in [-0.25, -0.2) is 4.39 Å². The van der Waals surface area contributed by atoms with Gasteiger partial charge in [-0.1, -0.05) is 19.1 Å². The molecule has 1 fully saturated rings. The van der Waals surface area contributed by atoms with Crippen LogP contribution < -0.4 is 5.32 Å². The van der Waals surface area contributed by atoms with Crippen molar-refractivity contribution >= 4 is 5.91 Å². The van der Waals surface area contributed by atoms with Crippen LogP contribution in [0.5, 0.6) is 0 Å². The third kappa shape index (κ3) is 3.77. The van der Waals surface area contributed by atoms with Crippen molar-refractivity contribution in [2.45, 2.75) is 25.7 Å². The maximum atomic E-state index is 12.9. The van der Waals surface area contributed by atoms with E-state index in [2.05, 4.69) is 12.2 Å². The molecule has 1 N–H and O–H groups in total. The largest absolute Gasteiger partial charge is 0.340 e. The maximum Gasteiger partial charge on any atom is 0.223 e. The fourth-order valence-electron chi connectivity index (χ4n) is 2.49. The molecule has 1 aromatic carbocycles. The Labute approximate surface area is 113 Å². The molecule has 0 bridgehead atoms. The average Bonchev–Trinajstić information content (AvgIpc) is 2.46. The van der Waals surface area contributed by atoms with Crippen molar-refractivity contribution in [3.8, 4) is 0 Å². The number of carbonyl (C=O) groups is 1. The zero-order valence-electron chi connectivity index (χ0n) is 11.4. The number of amides is 1. The van der Waals surface area contributed by atoms with Gasteiger partial charge in [0, 0.05) is 32.6 Å². The second kappa shape index (κ2) is 6.66. The molecule has 3 nitrogen and oxygen atoms in total. The number of nitrogens with zero attached hydrogens (tertiary/aromatic N) is 1. The summed E-state index contributed by atoms with van der Waals surface area (Å²) in [7, 11) is 0. The minimum absolute atomic E-state index is 0.183. The second-order valence-electron chi connectivity index (χ2n) is 4.99. The Balaban J connectivity index is 1.98. The lowest BCUT2D eigenvalue weighted by molar-refractivity contribution is -0.132. The first-order valence-electron chi connectivity index (χ1n) is 6.94. The molecule has 104 valence electrons. The van der Waals surface area contributed by atoms with E-state index in [1.807, 2.05) is 4.90 Å². The van der Waals surface area contributed by atoms with Crippen molar-refractivity contribution in [2.24, 2.45) is 0 Å². The number of nitrogens with one attached hydrogen (secondary N) is 1. The zero-order chi connectivity index (χ0) is 13.7. The Kier molecular flexibility index (Phi) is 4.91. The van der Waals surface area contributed by atoms with E-state index in [0.717, 1.165) is 38.2 Å². The number of hydrogen-bond acceptors (Lipinski definition) is 2. The Morgan fingerprint density at radius 3 is 2.53 bits per heavy atom. The van der Waals surface area contributed by atoms with E-state index in [9.17, 15) is 9.18 Å². The molecule has 1 saturated heterocycles. The molecule has 1 aliphatic heterocycles. The van der Waals surface area contributed by atoms with E-state index in [0.29, 0.717) is 6.42 Å². The maximum absolute atomic E-state index is 12.9. The third-order valence-corrected chi connectivity index (χ3v) is 3.72. The SMILES string of the molecule is CCC(CC(=O)N1CCNCC1)c1ccc(F)cc1. The monoisotopic (exact) mass is 264 g/mol. The molecule has 0 aliphatic carbocycles. The highest BCUT2D eigenvalue weighted by atomic mass is 19.1. The van der Waals surface area contributed by atoms with Crippen molar-refractivity contribution < 1.29 is 9.18 Å². The number of hydrogen-bond donors (Lipinski definition) is 1. The fraction of sp³-hybridized carbons (Fsp3) is 0.533. The van der Waals surface area contributed by atoms with Gasteiger partial charge in [-0.3, -0.25) is 4.79 Å². The van der Waals surface area contributed by atoms with E-state index in [-0.39, 0.29) is 17.6 Å². The van der Waals surface area contributed by atoms with Gasteiger partial charge in [0.25, 0.3) is 0 Å².